The van der Waals surface area contributed by atoms with Gasteiger partial charge in [-0.1, -0.05) is 12.1 Å². The first-order valence-electron chi connectivity index (χ1n) is 10.4. The molecule has 0 amide bonds. The van der Waals surface area contributed by atoms with Crippen molar-refractivity contribution in [3.63, 3.8) is 0 Å². The standard InChI is InChI=1S/C21H32FN4O3S/c1-16(2)29-10-4-9-23-11-18-13-26(3,30(27,28)21-12-24-15-25-21)14-20(18)17-5-7-19(22)8-6-17/h5-8,12,15-16,18,20,23H,4,9-11,13-14H2,1-3H3,(H,24,25)/q+1/t18?,20-,26-/m0/s1. The average Bonchev–Trinajstić information content (AvgIpc) is 3.34. The van der Waals surface area contributed by atoms with Gasteiger partial charge in [0.05, 0.1) is 26.0 Å². The minimum atomic E-state index is -3.65. The number of likely N-dealkylation sites (N-methyl/N-ethyl adjacent to an activating group) is 1. The fourth-order valence-electron chi connectivity index (χ4n) is 4.17. The summed E-state index contributed by atoms with van der Waals surface area (Å²) >= 11 is 0. The number of aromatic nitrogens is 2. The first kappa shape index (κ1) is 22.9. The molecule has 1 aromatic carbocycles. The lowest BCUT2D eigenvalue weighted by Crippen LogP contribution is -2.47. The van der Waals surface area contributed by atoms with Crippen LogP contribution in [0.1, 0.15) is 31.7 Å². The fourth-order valence-corrected chi connectivity index (χ4v) is 5.77. The Kier molecular flexibility index (Phi) is 7.28. The Morgan fingerprint density at radius 3 is 2.67 bits per heavy atom. The van der Waals surface area contributed by atoms with Gasteiger partial charge >= 0.3 is 10.0 Å². The van der Waals surface area contributed by atoms with Gasteiger partial charge in [0, 0.05) is 31.2 Å². The number of hydrogen-bond donors (Lipinski definition) is 2. The van der Waals surface area contributed by atoms with Gasteiger partial charge in [0.25, 0.3) is 0 Å². The van der Waals surface area contributed by atoms with Crippen LogP contribution < -0.4 is 5.32 Å². The Morgan fingerprint density at radius 1 is 1.30 bits per heavy atom. The zero-order valence-electron chi connectivity index (χ0n) is 17.8. The van der Waals surface area contributed by atoms with Crippen molar-refractivity contribution in [3.05, 3.63) is 48.2 Å². The number of benzene rings is 1. The third kappa shape index (κ3) is 5.08. The van der Waals surface area contributed by atoms with E-state index in [0.29, 0.717) is 26.2 Å². The number of hydrogen-bond acceptors (Lipinski definition) is 5. The quantitative estimate of drug-likeness (QED) is 0.439. The predicted octanol–water partition coefficient (Wildman–Crippen LogP) is 2.50. The molecular weight excluding hydrogens is 407 g/mol. The van der Waals surface area contributed by atoms with E-state index in [1.54, 1.807) is 19.2 Å². The minimum Gasteiger partial charge on any atom is -0.379 e. The van der Waals surface area contributed by atoms with E-state index in [4.69, 9.17) is 4.74 Å². The van der Waals surface area contributed by atoms with Crippen molar-refractivity contribution >= 4 is 10.0 Å². The molecule has 1 aliphatic heterocycles. The van der Waals surface area contributed by atoms with E-state index in [-0.39, 0.29) is 32.7 Å². The van der Waals surface area contributed by atoms with Gasteiger partial charge < -0.3 is 15.0 Å². The number of sulfonamides is 1. The molecule has 0 spiro atoms. The number of imidazole rings is 1. The van der Waals surface area contributed by atoms with E-state index in [1.165, 1.54) is 24.7 Å². The Balaban J connectivity index is 1.74. The molecule has 0 radical (unpaired) electrons. The number of nitrogens with one attached hydrogen (secondary N) is 2. The van der Waals surface area contributed by atoms with Crippen molar-refractivity contribution in [2.24, 2.45) is 5.92 Å². The number of rotatable bonds is 10. The fraction of sp³-hybridized carbons (Fsp3) is 0.571. The van der Waals surface area contributed by atoms with E-state index >= 15 is 0 Å². The SMILES string of the molecule is CC(C)OCCCNCC1C[N@+](C)(S(=O)(=O)c2c[nH]cn2)C[C@H]1c1ccc(F)cc1. The van der Waals surface area contributed by atoms with E-state index in [2.05, 4.69) is 15.3 Å². The molecule has 0 saturated carbocycles. The van der Waals surface area contributed by atoms with E-state index in [0.717, 1.165) is 18.5 Å². The van der Waals surface area contributed by atoms with Gasteiger partial charge in [0.1, 0.15) is 12.4 Å². The maximum Gasteiger partial charge on any atom is 0.346 e. The molecule has 166 valence electrons. The first-order chi connectivity index (χ1) is 14.2. The summed E-state index contributed by atoms with van der Waals surface area (Å²) < 4.78 is 45.4. The van der Waals surface area contributed by atoms with Gasteiger partial charge in [-0.05, 0) is 44.5 Å². The summed E-state index contributed by atoms with van der Waals surface area (Å²) in [5.41, 5.74) is 0.963. The normalized spacial score (nSPS) is 24.6. The second kappa shape index (κ2) is 9.55. The van der Waals surface area contributed by atoms with Crippen molar-refractivity contribution in [2.45, 2.75) is 37.3 Å². The van der Waals surface area contributed by atoms with Gasteiger partial charge in [-0.3, -0.25) is 0 Å². The summed E-state index contributed by atoms with van der Waals surface area (Å²) in [4.78, 5) is 6.72. The number of ether oxygens (including phenoxy) is 1. The van der Waals surface area contributed by atoms with Gasteiger partial charge in [0.15, 0.2) is 0 Å². The van der Waals surface area contributed by atoms with Crippen molar-refractivity contribution in [1.82, 2.24) is 15.3 Å². The summed E-state index contributed by atoms with van der Waals surface area (Å²) in [6.07, 6.45) is 3.91. The molecule has 1 fully saturated rings. The van der Waals surface area contributed by atoms with Crippen LogP contribution in [-0.4, -0.2) is 68.2 Å². The second-order valence-corrected chi connectivity index (χ2v) is 10.7. The maximum atomic E-state index is 13.4. The second-order valence-electron chi connectivity index (χ2n) is 8.44. The molecule has 2 aromatic rings. The molecule has 1 unspecified atom stereocenters. The minimum absolute atomic E-state index is 0.00345. The molecule has 2 N–H and O–H groups in total. The highest BCUT2D eigenvalue weighted by Crippen LogP contribution is 2.39. The van der Waals surface area contributed by atoms with E-state index in [1.807, 2.05) is 13.8 Å². The van der Waals surface area contributed by atoms with Gasteiger partial charge in [0.2, 0.25) is 5.03 Å². The molecule has 1 saturated heterocycles. The molecule has 1 aliphatic rings. The first-order valence-corrected chi connectivity index (χ1v) is 11.8. The van der Waals surface area contributed by atoms with Crippen LogP contribution in [-0.2, 0) is 14.8 Å². The molecule has 3 rings (SSSR count). The average molecular weight is 440 g/mol. The van der Waals surface area contributed by atoms with Crippen LogP contribution in [0.4, 0.5) is 4.39 Å². The lowest BCUT2D eigenvalue weighted by Gasteiger charge is -2.27. The monoisotopic (exact) mass is 439 g/mol. The van der Waals surface area contributed by atoms with Crippen LogP contribution in [0.2, 0.25) is 0 Å². The van der Waals surface area contributed by atoms with Gasteiger partial charge in [-0.15, -0.1) is 0 Å². The molecule has 30 heavy (non-hydrogen) atoms. The van der Waals surface area contributed by atoms with E-state index < -0.39 is 10.0 Å². The third-order valence-corrected chi connectivity index (χ3v) is 7.95. The van der Waals surface area contributed by atoms with Gasteiger partial charge in [-0.25, -0.2) is 13.3 Å². The molecular formula is C21H32FN4O3S+. The van der Waals surface area contributed by atoms with Gasteiger partial charge in [-0.2, -0.15) is 8.42 Å². The molecule has 9 heteroatoms. The Labute approximate surface area is 178 Å². The third-order valence-electron chi connectivity index (χ3n) is 5.74. The van der Waals surface area contributed by atoms with Crippen molar-refractivity contribution in [3.8, 4) is 0 Å². The zero-order chi connectivity index (χ0) is 21.8. The van der Waals surface area contributed by atoms with Crippen LogP contribution in [0.3, 0.4) is 0 Å². The molecule has 0 aliphatic carbocycles. The number of likely N-dealkylation sites (tertiary alicyclic amines) is 1. The number of halogens is 1. The smallest absolute Gasteiger partial charge is 0.346 e. The molecule has 0 bridgehead atoms. The maximum absolute atomic E-state index is 13.4. The van der Waals surface area contributed by atoms with Crippen molar-refractivity contribution in [2.75, 3.05) is 39.8 Å². The summed E-state index contributed by atoms with van der Waals surface area (Å²) in [5, 5.41) is 3.51. The summed E-state index contributed by atoms with van der Waals surface area (Å²) in [5.74, 6) is -0.193. The summed E-state index contributed by atoms with van der Waals surface area (Å²) in [7, 11) is -1.91. The van der Waals surface area contributed by atoms with Crippen LogP contribution in [0.25, 0.3) is 0 Å². The number of H-pyrrole nitrogens is 1. The molecule has 2 heterocycles. The lowest BCUT2D eigenvalue weighted by atomic mass is 9.89. The number of nitrogens with zero attached hydrogens (tertiary/aromatic N) is 2. The molecule has 1 aromatic heterocycles. The number of aromatic amines is 1. The molecule has 3 atom stereocenters. The Bertz CT molecular complexity index is 903. The summed E-state index contributed by atoms with van der Waals surface area (Å²) in [6, 6.07) is 6.41. The highest BCUT2D eigenvalue weighted by atomic mass is 32.2. The van der Waals surface area contributed by atoms with Crippen molar-refractivity contribution in [1.29, 1.82) is 0 Å². The van der Waals surface area contributed by atoms with Crippen LogP contribution in [0.5, 0.6) is 0 Å². The van der Waals surface area contributed by atoms with Crippen LogP contribution >= 0.6 is 0 Å². The molecule has 7 nitrogen and oxygen atoms in total. The van der Waals surface area contributed by atoms with Crippen LogP contribution in [0, 0.1) is 11.7 Å². The number of quaternary nitrogens is 1. The Morgan fingerprint density at radius 2 is 2.03 bits per heavy atom. The van der Waals surface area contributed by atoms with Crippen molar-refractivity contribution < 1.29 is 21.4 Å². The highest BCUT2D eigenvalue weighted by molar-refractivity contribution is 7.85. The largest absolute Gasteiger partial charge is 0.379 e. The highest BCUT2D eigenvalue weighted by Gasteiger charge is 2.51. The lowest BCUT2D eigenvalue weighted by molar-refractivity contribution is -0.773. The van der Waals surface area contributed by atoms with E-state index in [9.17, 15) is 12.8 Å². The Hall–Kier alpha value is -1.81. The topological polar surface area (TPSA) is 84.1 Å². The zero-order valence-corrected chi connectivity index (χ0v) is 18.7. The predicted molar refractivity (Wildman–Crippen MR) is 113 cm³/mol. The van der Waals surface area contributed by atoms with Crippen LogP contribution in [0.15, 0.2) is 41.8 Å². The summed E-state index contributed by atoms with van der Waals surface area (Å²) in [6.45, 7) is 7.09.